The van der Waals surface area contributed by atoms with Gasteiger partial charge in [-0.15, -0.1) is 12.4 Å². The number of carboxylic acid groups (broad SMARTS) is 1. The third-order valence-corrected chi connectivity index (χ3v) is 2.84. The fourth-order valence-corrected chi connectivity index (χ4v) is 1.72. The normalized spacial score (nSPS) is 10.8. The molecule has 0 fully saturated rings. The van der Waals surface area contributed by atoms with E-state index >= 15 is 0 Å². The van der Waals surface area contributed by atoms with E-state index < -0.39 is 5.97 Å². The van der Waals surface area contributed by atoms with Crippen LogP contribution < -0.4 is 10.0 Å². The highest BCUT2D eigenvalue weighted by Gasteiger charge is 2.04. The van der Waals surface area contributed by atoms with Crippen LogP contribution in [0.5, 0.6) is 5.75 Å². The molecule has 0 bridgehead atoms. The number of rotatable bonds is 5. The van der Waals surface area contributed by atoms with Gasteiger partial charge >= 0.3 is 5.97 Å². The molecule has 0 radical (unpaired) electrons. The van der Waals surface area contributed by atoms with Crippen molar-refractivity contribution in [2.75, 3.05) is 18.0 Å². The summed E-state index contributed by atoms with van der Waals surface area (Å²) < 4.78 is 0. The van der Waals surface area contributed by atoms with E-state index in [0.717, 1.165) is 18.8 Å². The van der Waals surface area contributed by atoms with E-state index in [9.17, 15) is 9.90 Å². The third-order valence-electron chi connectivity index (χ3n) is 2.84. The molecule has 0 aliphatic carbocycles. The van der Waals surface area contributed by atoms with Crippen LogP contribution in [0, 0.1) is 0 Å². The molecule has 0 atom stereocenters. The molecule has 1 aromatic rings. The van der Waals surface area contributed by atoms with Crippen LogP contribution in [0.4, 0.5) is 5.69 Å². The molecule has 0 saturated heterocycles. The Bertz CT molecular complexity index is 468. The van der Waals surface area contributed by atoms with Crippen molar-refractivity contribution in [1.29, 1.82) is 0 Å². The van der Waals surface area contributed by atoms with E-state index in [0.29, 0.717) is 5.56 Å². The molecule has 0 spiro atoms. The predicted molar refractivity (Wildman–Crippen MR) is 78.0 cm³/mol. The van der Waals surface area contributed by atoms with E-state index in [2.05, 4.69) is 4.90 Å². The van der Waals surface area contributed by atoms with E-state index in [1.807, 2.05) is 19.9 Å². The van der Waals surface area contributed by atoms with Gasteiger partial charge in [-0.25, -0.2) is 4.79 Å². The summed E-state index contributed by atoms with van der Waals surface area (Å²) in [4.78, 5) is 12.8. The second kappa shape index (κ2) is 7.69. The van der Waals surface area contributed by atoms with Crippen molar-refractivity contribution in [3.8, 4) is 5.75 Å². The summed E-state index contributed by atoms with van der Waals surface area (Å²) in [6, 6.07) is 5.06. The van der Waals surface area contributed by atoms with Gasteiger partial charge in [-0.2, -0.15) is 0 Å². The van der Waals surface area contributed by atoms with Crippen LogP contribution in [0.1, 0.15) is 26.3 Å². The predicted octanol–water partition coefficient (Wildman–Crippen LogP) is 2.52. The van der Waals surface area contributed by atoms with Crippen molar-refractivity contribution in [3.63, 3.8) is 0 Å². The van der Waals surface area contributed by atoms with Gasteiger partial charge in [0.25, 0.3) is 0 Å². The summed E-state index contributed by atoms with van der Waals surface area (Å²) in [6.07, 6.45) is 1.40. The van der Waals surface area contributed by atoms with Gasteiger partial charge in [-0.05, 0) is 44.5 Å². The van der Waals surface area contributed by atoms with Gasteiger partial charge in [-0.3, -0.25) is 0 Å². The average molecular weight is 285 g/mol. The minimum atomic E-state index is -1.01. The Hall–Kier alpha value is -1.68. The quantitative estimate of drug-likeness (QED) is 0.844. The maximum absolute atomic E-state index is 11.9. The lowest BCUT2D eigenvalue weighted by molar-refractivity contribution is -0.268. The molecular formula is C14H19ClNO3-. The second-order valence-corrected chi connectivity index (χ2v) is 4.03. The van der Waals surface area contributed by atoms with Gasteiger partial charge < -0.3 is 15.1 Å². The first-order valence-corrected chi connectivity index (χ1v) is 5.97. The summed E-state index contributed by atoms with van der Waals surface area (Å²) in [7, 11) is 0. The highest BCUT2D eigenvalue weighted by Crippen LogP contribution is 2.24. The van der Waals surface area contributed by atoms with Crippen LogP contribution in [-0.4, -0.2) is 24.2 Å². The molecule has 0 amide bonds. The molecule has 0 unspecified atom stereocenters. The molecule has 0 aromatic heterocycles. The topological polar surface area (TPSA) is 63.6 Å². The van der Waals surface area contributed by atoms with Crippen molar-refractivity contribution in [3.05, 3.63) is 29.3 Å². The van der Waals surface area contributed by atoms with E-state index in [4.69, 9.17) is 5.11 Å². The molecule has 1 aromatic carbocycles. The monoisotopic (exact) mass is 284 g/mol. The zero-order valence-electron chi connectivity index (χ0n) is 11.3. The largest absolute Gasteiger partial charge is 0.872 e. The standard InChI is InChI=1S/C14H19NO3.ClH/c1-4-15(5-2)12-7-6-11(13(16)9-12)8-10(3)14(17)18;/h6-9,16H,4-5H2,1-3H3,(H,17,18);1H/p-1/b10-8+;. The molecule has 0 aliphatic heterocycles. The van der Waals surface area contributed by atoms with Crippen LogP contribution in [0.15, 0.2) is 23.8 Å². The number of hydrogen-bond acceptors (Lipinski definition) is 3. The molecule has 1 rings (SSSR count). The minimum absolute atomic E-state index is 0. The van der Waals surface area contributed by atoms with E-state index in [1.54, 1.807) is 12.1 Å². The number of nitrogens with zero attached hydrogens (tertiary/aromatic N) is 1. The number of carboxylic acids is 1. The molecule has 5 heteroatoms. The Kier molecular flexibility index (Phi) is 7.01. The summed E-state index contributed by atoms with van der Waals surface area (Å²) in [6.45, 7) is 7.19. The summed E-state index contributed by atoms with van der Waals surface area (Å²) >= 11 is 0. The van der Waals surface area contributed by atoms with Gasteiger partial charge in [0.05, 0.1) is 0 Å². The van der Waals surface area contributed by atoms with Crippen LogP contribution in [0.3, 0.4) is 0 Å². The first-order valence-electron chi connectivity index (χ1n) is 5.97. The summed E-state index contributed by atoms with van der Waals surface area (Å²) in [5.41, 5.74) is 1.43. The lowest BCUT2D eigenvalue weighted by atomic mass is 10.1. The lowest BCUT2D eigenvalue weighted by Gasteiger charge is -2.23. The first-order chi connectivity index (χ1) is 8.49. The zero-order valence-corrected chi connectivity index (χ0v) is 12.2. The number of benzene rings is 1. The maximum atomic E-state index is 11.9. The van der Waals surface area contributed by atoms with Crippen molar-refractivity contribution < 1.29 is 15.0 Å². The summed E-state index contributed by atoms with van der Waals surface area (Å²) in [5.74, 6) is -1.16. The Balaban J connectivity index is 0.00000324. The second-order valence-electron chi connectivity index (χ2n) is 4.03. The Morgan fingerprint density at radius 3 is 2.37 bits per heavy atom. The molecular weight excluding hydrogens is 266 g/mol. The van der Waals surface area contributed by atoms with Crippen LogP contribution in [0.2, 0.25) is 0 Å². The van der Waals surface area contributed by atoms with Crippen molar-refractivity contribution >= 4 is 30.1 Å². The van der Waals surface area contributed by atoms with Crippen LogP contribution >= 0.6 is 12.4 Å². The minimum Gasteiger partial charge on any atom is -0.872 e. The molecule has 1 N–H and O–H groups in total. The Morgan fingerprint density at radius 2 is 1.95 bits per heavy atom. The van der Waals surface area contributed by atoms with Gasteiger partial charge in [0.15, 0.2) is 0 Å². The number of anilines is 1. The first kappa shape index (κ1) is 17.3. The lowest BCUT2D eigenvalue weighted by Crippen LogP contribution is -2.21. The summed E-state index contributed by atoms with van der Waals surface area (Å²) in [5, 5.41) is 20.6. The molecule has 0 aliphatic rings. The van der Waals surface area contributed by atoms with E-state index in [-0.39, 0.29) is 23.7 Å². The van der Waals surface area contributed by atoms with Crippen molar-refractivity contribution in [2.45, 2.75) is 20.8 Å². The molecule has 19 heavy (non-hydrogen) atoms. The number of aliphatic carboxylic acids is 1. The molecule has 0 saturated carbocycles. The van der Waals surface area contributed by atoms with Gasteiger partial charge in [0.1, 0.15) is 0 Å². The number of halogens is 1. The molecule has 0 heterocycles. The van der Waals surface area contributed by atoms with Gasteiger partial charge in [-0.1, -0.05) is 11.8 Å². The zero-order chi connectivity index (χ0) is 13.7. The van der Waals surface area contributed by atoms with E-state index in [1.165, 1.54) is 13.0 Å². The SMILES string of the molecule is CCN(CC)c1ccc(/C=C(\C)C(=O)O)c([O-])c1.Cl. The molecule has 106 valence electrons. The fourth-order valence-electron chi connectivity index (χ4n) is 1.72. The van der Waals surface area contributed by atoms with Crippen LogP contribution in [-0.2, 0) is 4.79 Å². The van der Waals surface area contributed by atoms with Crippen molar-refractivity contribution in [2.24, 2.45) is 0 Å². The van der Waals surface area contributed by atoms with Crippen LogP contribution in [0.25, 0.3) is 6.08 Å². The average Bonchev–Trinajstić information content (AvgIpc) is 2.33. The third kappa shape index (κ3) is 4.48. The number of carbonyl (C=O) groups is 1. The Morgan fingerprint density at radius 1 is 1.37 bits per heavy atom. The highest BCUT2D eigenvalue weighted by molar-refractivity contribution is 5.92. The number of hydrogen-bond donors (Lipinski definition) is 1. The van der Waals surface area contributed by atoms with Crippen molar-refractivity contribution in [1.82, 2.24) is 0 Å². The maximum Gasteiger partial charge on any atom is 0.331 e. The highest BCUT2D eigenvalue weighted by atomic mass is 35.5. The fraction of sp³-hybridized carbons (Fsp3) is 0.357. The molecule has 4 nitrogen and oxygen atoms in total. The van der Waals surface area contributed by atoms with Gasteiger partial charge in [0.2, 0.25) is 0 Å². The Labute approximate surface area is 119 Å². The van der Waals surface area contributed by atoms with Gasteiger partial charge in [0, 0.05) is 24.4 Å². The smallest absolute Gasteiger partial charge is 0.331 e.